The largest absolute Gasteiger partial charge is 0.323 e. The Morgan fingerprint density at radius 2 is 1.95 bits per heavy atom. The van der Waals surface area contributed by atoms with Gasteiger partial charge in [-0.05, 0) is 18.1 Å². The van der Waals surface area contributed by atoms with Crippen molar-refractivity contribution in [1.29, 1.82) is 0 Å². The molecule has 1 amide bonds. The Bertz CT molecular complexity index is 665. The first-order valence-electron chi connectivity index (χ1n) is 6.93. The molecule has 5 nitrogen and oxygen atoms in total. The van der Waals surface area contributed by atoms with Crippen LogP contribution in [0.2, 0.25) is 0 Å². The average Bonchev–Trinajstić information content (AvgIpc) is 2.51. The molecule has 0 spiro atoms. The third-order valence-electron chi connectivity index (χ3n) is 3.16. The second kappa shape index (κ2) is 6.85. The van der Waals surface area contributed by atoms with E-state index in [4.69, 9.17) is 5.73 Å². The average molecular weight is 285 g/mol. The summed E-state index contributed by atoms with van der Waals surface area (Å²) in [6.07, 6.45) is 2.49. The summed E-state index contributed by atoms with van der Waals surface area (Å²) >= 11 is 0. The van der Waals surface area contributed by atoms with E-state index in [0.717, 1.165) is 12.0 Å². The molecule has 0 unspecified atom stereocenters. The van der Waals surface area contributed by atoms with Crippen LogP contribution >= 0.6 is 0 Å². The molecule has 1 heterocycles. The molecule has 21 heavy (non-hydrogen) atoms. The number of carbonyl (C=O) groups excluding carboxylic acids is 1. The lowest BCUT2D eigenvalue weighted by molar-refractivity contribution is -0.117. The zero-order valence-corrected chi connectivity index (χ0v) is 12.0. The topological polar surface area (TPSA) is 77.1 Å². The minimum atomic E-state index is -0.738. The number of nitrogens with zero attached hydrogens (tertiary/aromatic N) is 1. The Hall–Kier alpha value is -2.40. The molecule has 1 atom stereocenters. The monoisotopic (exact) mass is 285 g/mol. The van der Waals surface area contributed by atoms with Gasteiger partial charge in [-0.2, -0.15) is 0 Å². The van der Waals surface area contributed by atoms with Crippen LogP contribution in [0.15, 0.2) is 53.5 Å². The Balaban J connectivity index is 2.12. The zero-order chi connectivity index (χ0) is 15.2. The van der Waals surface area contributed by atoms with Crippen molar-refractivity contribution < 1.29 is 4.79 Å². The molecule has 0 aliphatic rings. The number of amides is 1. The van der Waals surface area contributed by atoms with E-state index >= 15 is 0 Å². The third-order valence-corrected chi connectivity index (χ3v) is 3.16. The van der Waals surface area contributed by atoms with Crippen LogP contribution in [0.5, 0.6) is 0 Å². The number of anilines is 1. The molecule has 1 aromatic carbocycles. The summed E-state index contributed by atoms with van der Waals surface area (Å²) in [5.74, 6) is -0.303. The predicted octanol–water partition coefficient (Wildman–Crippen LogP) is 1.90. The number of pyridine rings is 1. The predicted molar refractivity (Wildman–Crippen MR) is 83.0 cm³/mol. The van der Waals surface area contributed by atoms with E-state index in [-0.39, 0.29) is 11.5 Å². The first-order chi connectivity index (χ1) is 10.1. The molecule has 0 aliphatic carbocycles. The van der Waals surface area contributed by atoms with Crippen LogP contribution in [0.3, 0.4) is 0 Å². The first-order valence-corrected chi connectivity index (χ1v) is 6.93. The van der Waals surface area contributed by atoms with Gasteiger partial charge in [-0.15, -0.1) is 0 Å². The number of aromatic nitrogens is 1. The van der Waals surface area contributed by atoms with Gasteiger partial charge in [0, 0.05) is 18.8 Å². The molecule has 2 aromatic rings. The summed E-state index contributed by atoms with van der Waals surface area (Å²) in [6.45, 7) is 2.61. The highest BCUT2D eigenvalue weighted by Gasteiger charge is 2.15. The maximum Gasteiger partial charge on any atom is 0.250 e. The molecule has 5 heteroatoms. The molecule has 0 bridgehead atoms. The standard InChI is InChI=1S/C16H19N3O2/c1-2-10-19-11-13(8-9-14(19)20)18-16(21)15(17)12-6-4-3-5-7-12/h3-9,11,15H,2,10,17H2,1H3,(H,18,21)/t15-/m1/s1. The number of carbonyl (C=O) groups is 1. The van der Waals surface area contributed by atoms with Gasteiger partial charge in [0.15, 0.2) is 0 Å². The Kier molecular flexibility index (Phi) is 4.90. The molecular formula is C16H19N3O2. The molecule has 0 fully saturated rings. The van der Waals surface area contributed by atoms with E-state index in [1.54, 1.807) is 16.8 Å². The number of hydrogen-bond donors (Lipinski definition) is 2. The number of nitrogens with one attached hydrogen (secondary N) is 1. The van der Waals surface area contributed by atoms with Gasteiger partial charge < -0.3 is 15.6 Å². The van der Waals surface area contributed by atoms with Gasteiger partial charge in [0.05, 0.1) is 5.69 Å². The van der Waals surface area contributed by atoms with Crippen molar-refractivity contribution in [2.45, 2.75) is 25.9 Å². The van der Waals surface area contributed by atoms with Crippen LogP contribution in [0, 0.1) is 0 Å². The summed E-state index contributed by atoms with van der Waals surface area (Å²) in [5, 5.41) is 2.74. The fourth-order valence-electron chi connectivity index (χ4n) is 2.05. The van der Waals surface area contributed by atoms with E-state index < -0.39 is 6.04 Å². The van der Waals surface area contributed by atoms with Gasteiger partial charge in [0.25, 0.3) is 5.56 Å². The number of nitrogens with two attached hydrogens (primary N) is 1. The number of rotatable bonds is 5. The molecule has 2 rings (SSSR count). The summed E-state index contributed by atoms with van der Waals surface area (Å²) in [5.41, 5.74) is 7.17. The van der Waals surface area contributed by atoms with Crippen LogP contribution in [0.1, 0.15) is 24.9 Å². The fraction of sp³-hybridized carbons (Fsp3) is 0.250. The highest BCUT2D eigenvalue weighted by Crippen LogP contribution is 2.13. The molecule has 3 N–H and O–H groups in total. The normalized spacial score (nSPS) is 11.9. The van der Waals surface area contributed by atoms with Crippen LogP contribution in [0.25, 0.3) is 0 Å². The fourth-order valence-corrected chi connectivity index (χ4v) is 2.05. The first kappa shape index (κ1) is 15.0. The smallest absolute Gasteiger partial charge is 0.250 e. The molecule has 0 radical (unpaired) electrons. The van der Waals surface area contributed by atoms with Crippen molar-refractivity contribution in [2.24, 2.45) is 5.73 Å². The molecular weight excluding hydrogens is 266 g/mol. The Morgan fingerprint density at radius 1 is 1.24 bits per heavy atom. The second-order valence-electron chi connectivity index (χ2n) is 4.83. The van der Waals surface area contributed by atoms with Crippen molar-refractivity contribution in [3.63, 3.8) is 0 Å². The lowest BCUT2D eigenvalue weighted by atomic mass is 10.1. The van der Waals surface area contributed by atoms with E-state index in [0.29, 0.717) is 12.2 Å². The maximum absolute atomic E-state index is 12.1. The second-order valence-corrected chi connectivity index (χ2v) is 4.83. The van der Waals surface area contributed by atoms with Crippen molar-refractivity contribution in [1.82, 2.24) is 4.57 Å². The summed E-state index contributed by atoms with van der Waals surface area (Å²) in [6, 6.07) is 11.5. The molecule has 0 saturated carbocycles. The Morgan fingerprint density at radius 3 is 2.62 bits per heavy atom. The van der Waals surface area contributed by atoms with E-state index in [1.165, 1.54) is 6.07 Å². The molecule has 0 saturated heterocycles. The quantitative estimate of drug-likeness (QED) is 0.880. The van der Waals surface area contributed by atoms with Crippen LogP contribution in [-0.4, -0.2) is 10.5 Å². The van der Waals surface area contributed by atoms with Crippen molar-refractivity contribution in [2.75, 3.05) is 5.32 Å². The maximum atomic E-state index is 12.1. The van der Waals surface area contributed by atoms with Gasteiger partial charge >= 0.3 is 0 Å². The minimum Gasteiger partial charge on any atom is -0.323 e. The van der Waals surface area contributed by atoms with E-state index in [2.05, 4.69) is 5.32 Å². The highest BCUT2D eigenvalue weighted by atomic mass is 16.2. The van der Waals surface area contributed by atoms with Gasteiger partial charge in [0.1, 0.15) is 6.04 Å². The van der Waals surface area contributed by atoms with Gasteiger partial charge in [-0.1, -0.05) is 37.3 Å². The van der Waals surface area contributed by atoms with Crippen molar-refractivity contribution in [3.05, 3.63) is 64.6 Å². The lowest BCUT2D eigenvalue weighted by Gasteiger charge is -2.13. The van der Waals surface area contributed by atoms with E-state index in [9.17, 15) is 9.59 Å². The summed E-state index contributed by atoms with van der Waals surface area (Å²) in [7, 11) is 0. The number of benzene rings is 1. The molecule has 1 aromatic heterocycles. The van der Waals surface area contributed by atoms with Crippen LogP contribution in [0.4, 0.5) is 5.69 Å². The lowest BCUT2D eigenvalue weighted by Crippen LogP contribution is -2.28. The van der Waals surface area contributed by atoms with Gasteiger partial charge in [-0.25, -0.2) is 0 Å². The number of aryl methyl sites for hydroxylation is 1. The van der Waals surface area contributed by atoms with Crippen LogP contribution in [-0.2, 0) is 11.3 Å². The van der Waals surface area contributed by atoms with Gasteiger partial charge in [0.2, 0.25) is 5.91 Å². The zero-order valence-electron chi connectivity index (χ0n) is 12.0. The van der Waals surface area contributed by atoms with Crippen molar-refractivity contribution in [3.8, 4) is 0 Å². The van der Waals surface area contributed by atoms with Gasteiger partial charge in [-0.3, -0.25) is 9.59 Å². The molecule has 110 valence electrons. The highest BCUT2D eigenvalue weighted by molar-refractivity contribution is 5.95. The SMILES string of the molecule is CCCn1cc(NC(=O)[C@H](N)c2ccccc2)ccc1=O. The Labute approximate surface area is 123 Å². The van der Waals surface area contributed by atoms with Crippen molar-refractivity contribution >= 4 is 11.6 Å². The van der Waals surface area contributed by atoms with E-state index in [1.807, 2.05) is 37.3 Å². The summed E-state index contributed by atoms with van der Waals surface area (Å²) < 4.78 is 1.57. The molecule has 0 aliphatic heterocycles. The third kappa shape index (κ3) is 3.79. The number of hydrogen-bond acceptors (Lipinski definition) is 3. The van der Waals surface area contributed by atoms with Crippen LogP contribution < -0.4 is 16.6 Å². The minimum absolute atomic E-state index is 0.0813. The summed E-state index contributed by atoms with van der Waals surface area (Å²) in [4.78, 5) is 23.8.